The molecule has 0 spiro atoms. The van der Waals surface area contributed by atoms with E-state index in [-0.39, 0.29) is 23.3 Å². The van der Waals surface area contributed by atoms with Crippen LogP contribution in [0.2, 0.25) is 0 Å². The highest BCUT2D eigenvalue weighted by Gasteiger charge is 2.51. The molecule has 1 saturated carbocycles. The van der Waals surface area contributed by atoms with Crippen molar-refractivity contribution >= 4 is 21.8 Å². The van der Waals surface area contributed by atoms with Gasteiger partial charge in [0.05, 0.1) is 11.5 Å². The molecule has 1 aliphatic carbocycles. The van der Waals surface area contributed by atoms with Gasteiger partial charge in [0.15, 0.2) is 0 Å². The topological polar surface area (TPSA) is 61.4 Å². The van der Waals surface area contributed by atoms with E-state index in [0.717, 1.165) is 29.4 Å². The second-order valence-electron chi connectivity index (χ2n) is 5.78. The highest BCUT2D eigenvalue weighted by molar-refractivity contribution is 9.10. The van der Waals surface area contributed by atoms with Gasteiger partial charge < -0.3 is 15.7 Å². The molecule has 2 unspecified atom stereocenters. The van der Waals surface area contributed by atoms with Gasteiger partial charge in [-0.15, -0.1) is 0 Å². The molecular formula is C15H19BrN2O2. The van der Waals surface area contributed by atoms with Gasteiger partial charge in [0.2, 0.25) is 5.91 Å². The minimum absolute atomic E-state index is 0.0962. The predicted molar refractivity (Wildman–Crippen MR) is 80.4 cm³/mol. The fourth-order valence-electron chi connectivity index (χ4n) is 2.86. The van der Waals surface area contributed by atoms with Crippen LogP contribution in [0.1, 0.15) is 18.4 Å². The van der Waals surface area contributed by atoms with Gasteiger partial charge in [-0.1, -0.05) is 28.1 Å². The summed E-state index contributed by atoms with van der Waals surface area (Å²) in [4.78, 5) is 12.5. The molecule has 1 aromatic rings. The largest absolute Gasteiger partial charge is 0.391 e. The summed E-state index contributed by atoms with van der Waals surface area (Å²) in [6.07, 6.45) is 1.47. The lowest BCUT2D eigenvalue weighted by Gasteiger charge is -2.19. The Kier molecular flexibility index (Phi) is 3.84. The lowest BCUT2D eigenvalue weighted by Crippen LogP contribution is -2.40. The first-order chi connectivity index (χ1) is 9.62. The minimum Gasteiger partial charge on any atom is -0.391 e. The maximum Gasteiger partial charge on any atom is 0.230 e. The second kappa shape index (κ2) is 5.47. The van der Waals surface area contributed by atoms with Gasteiger partial charge in [0, 0.05) is 30.0 Å². The number of aliphatic hydroxyl groups is 1. The van der Waals surface area contributed by atoms with E-state index in [0.29, 0.717) is 13.1 Å². The molecule has 1 amide bonds. The Morgan fingerprint density at radius 2 is 2.05 bits per heavy atom. The Bertz CT molecular complexity index is 499. The average molecular weight is 339 g/mol. The van der Waals surface area contributed by atoms with E-state index in [1.165, 1.54) is 0 Å². The third-order valence-corrected chi connectivity index (χ3v) is 4.94. The van der Waals surface area contributed by atoms with Gasteiger partial charge in [-0.2, -0.15) is 0 Å². The van der Waals surface area contributed by atoms with E-state index >= 15 is 0 Å². The van der Waals surface area contributed by atoms with Crippen LogP contribution < -0.4 is 10.6 Å². The van der Waals surface area contributed by atoms with Crippen molar-refractivity contribution in [1.82, 2.24) is 10.6 Å². The number of nitrogens with one attached hydrogen (secondary N) is 2. The number of carbonyl (C=O) groups is 1. The summed E-state index contributed by atoms with van der Waals surface area (Å²) in [6.45, 7) is 1.94. The Labute approximate surface area is 127 Å². The van der Waals surface area contributed by atoms with Crippen LogP contribution in [0, 0.1) is 5.92 Å². The highest BCUT2D eigenvalue weighted by Crippen LogP contribution is 2.48. The van der Waals surface area contributed by atoms with Crippen LogP contribution in [-0.4, -0.2) is 36.8 Å². The minimum atomic E-state index is -0.349. The Hall–Kier alpha value is -0.910. The Morgan fingerprint density at radius 1 is 1.35 bits per heavy atom. The third-order valence-electron chi connectivity index (χ3n) is 4.41. The molecule has 108 valence electrons. The molecule has 0 radical (unpaired) electrons. The number of hydrogen-bond acceptors (Lipinski definition) is 3. The first-order valence-electron chi connectivity index (χ1n) is 7.05. The predicted octanol–water partition coefficient (Wildman–Crippen LogP) is 1.18. The molecular weight excluding hydrogens is 320 g/mol. The third kappa shape index (κ3) is 2.62. The molecule has 1 aliphatic heterocycles. The quantitative estimate of drug-likeness (QED) is 0.772. The maximum absolute atomic E-state index is 12.5. The Balaban J connectivity index is 1.63. The van der Waals surface area contributed by atoms with E-state index < -0.39 is 0 Å². The van der Waals surface area contributed by atoms with Gasteiger partial charge in [0.25, 0.3) is 0 Å². The molecule has 3 rings (SSSR count). The summed E-state index contributed by atoms with van der Waals surface area (Å²) in [5.74, 6) is 0.221. The number of aliphatic hydroxyl groups excluding tert-OH is 1. The van der Waals surface area contributed by atoms with Gasteiger partial charge in [-0.3, -0.25) is 4.79 Å². The van der Waals surface area contributed by atoms with Crippen molar-refractivity contribution in [1.29, 1.82) is 0 Å². The number of rotatable bonds is 4. The fourth-order valence-corrected chi connectivity index (χ4v) is 3.13. The summed E-state index contributed by atoms with van der Waals surface area (Å²) in [5, 5.41) is 15.9. The first-order valence-corrected chi connectivity index (χ1v) is 7.84. The average Bonchev–Trinajstić information content (AvgIpc) is 3.15. The van der Waals surface area contributed by atoms with Crippen LogP contribution in [0.5, 0.6) is 0 Å². The number of hydrogen-bond donors (Lipinski definition) is 3. The number of β-amino-alcohol motifs (C(OH)–C–C–N with tert-alkyl or cyclic N) is 1. The van der Waals surface area contributed by atoms with E-state index in [9.17, 15) is 9.90 Å². The number of benzene rings is 1. The summed E-state index contributed by atoms with van der Waals surface area (Å²) < 4.78 is 1.03. The van der Waals surface area contributed by atoms with Crippen molar-refractivity contribution < 1.29 is 9.90 Å². The van der Waals surface area contributed by atoms with Crippen molar-refractivity contribution in [3.8, 4) is 0 Å². The molecule has 4 nitrogen and oxygen atoms in total. The van der Waals surface area contributed by atoms with E-state index in [2.05, 4.69) is 26.6 Å². The molecule has 1 aromatic carbocycles. The maximum atomic E-state index is 12.5. The normalized spacial score (nSPS) is 27.3. The van der Waals surface area contributed by atoms with Crippen molar-refractivity contribution in [3.05, 3.63) is 34.3 Å². The Morgan fingerprint density at radius 3 is 2.60 bits per heavy atom. The second-order valence-corrected chi connectivity index (χ2v) is 6.70. The van der Waals surface area contributed by atoms with E-state index in [1.54, 1.807) is 0 Å². The van der Waals surface area contributed by atoms with E-state index in [1.807, 2.05) is 24.3 Å². The summed E-state index contributed by atoms with van der Waals surface area (Å²) in [6, 6.07) is 7.99. The molecule has 5 heteroatoms. The molecule has 3 N–H and O–H groups in total. The SMILES string of the molecule is O=C(NCC1CNCC1O)C1(c2ccc(Br)cc2)CC1. The van der Waals surface area contributed by atoms with Crippen molar-refractivity contribution in [2.75, 3.05) is 19.6 Å². The van der Waals surface area contributed by atoms with Crippen molar-refractivity contribution in [3.63, 3.8) is 0 Å². The van der Waals surface area contributed by atoms with Crippen LogP contribution >= 0.6 is 15.9 Å². The zero-order valence-corrected chi connectivity index (χ0v) is 12.8. The van der Waals surface area contributed by atoms with E-state index in [4.69, 9.17) is 0 Å². The summed E-state index contributed by atoms with van der Waals surface area (Å²) in [7, 11) is 0. The van der Waals surface area contributed by atoms with Crippen LogP contribution in [0.15, 0.2) is 28.7 Å². The van der Waals surface area contributed by atoms with Crippen LogP contribution in [-0.2, 0) is 10.2 Å². The number of amides is 1. The lowest BCUT2D eigenvalue weighted by atomic mass is 9.94. The molecule has 20 heavy (non-hydrogen) atoms. The van der Waals surface area contributed by atoms with Crippen LogP contribution in [0.4, 0.5) is 0 Å². The smallest absolute Gasteiger partial charge is 0.230 e. The molecule has 2 atom stereocenters. The van der Waals surface area contributed by atoms with Crippen LogP contribution in [0.25, 0.3) is 0 Å². The first kappa shape index (κ1) is 14.0. The van der Waals surface area contributed by atoms with Gasteiger partial charge in [0.1, 0.15) is 0 Å². The molecule has 1 saturated heterocycles. The van der Waals surface area contributed by atoms with Crippen molar-refractivity contribution in [2.45, 2.75) is 24.4 Å². The molecule has 1 heterocycles. The monoisotopic (exact) mass is 338 g/mol. The molecule has 2 fully saturated rings. The molecule has 2 aliphatic rings. The highest BCUT2D eigenvalue weighted by atomic mass is 79.9. The number of halogens is 1. The molecule has 0 bridgehead atoms. The zero-order chi connectivity index (χ0) is 14.2. The summed E-state index contributed by atoms with van der Waals surface area (Å²) in [5.41, 5.74) is 0.751. The standard InChI is InChI=1S/C15H19BrN2O2/c16-12-3-1-11(2-4-12)15(5-6-15)14(20)18-8-10-7-17-9-13(10)19/h1-4,10,13,17,19H,5-9H2,(H,18,20). The van der Waals surface area contributed by atoms with Crippen LogP contribution in [0.3, 0.4) is 0 Å². The van der Waals surface area contributed by atoms with Gasteiger partial charge in [-0.25, -0.2) is 0 Å². The lowest BCUT2D eigenvalue weighted by molar-refractivity contribution is -0.123. The van der Waals surface area contributed by atoms with Gasteiger partial charge >= 0.3 is 0 Å². The zero-order valence-electron chi connectivity index (χ0n) is 11.2. The van der Waals surface area contributed by atoms with Gasteiger partial charge in [-0.05, 0) is 30.5 Å². The van der Waals surface area contributed by atoms with Crippen molar-refractivity contribution in [2.24, 2.45) is 5.92 Å². The molecule has 0 aromatic heterocycles. The summed E-state index contributed by atoms with van der Waals surface area (Å²) >= 11 is 3.42. The number of carbonyl (C=O) groups excluding carboxylic acids is 1. The fraction of sp³-hybridized carbons (Fsp3) is 0.533.